The molecule has 5 aromatic carbocycles. The Labute approximate surface area is 527 Å². The Kier molecular flexibility index (Phi) is 26.8. The van der Waals surface area contributed by atoms with Crippen LogP contribution in [0.3, 0.4) is 0 Å². The number of carbonyl (C=O) groups is 6. The van der Waals surface area contributed by atoms with Crippen LogP contribution in [0.25, 0.3) is 21.0 Å². The molecule has 6 aromatic rings. The highest BCUT2D eigenvalue weighted by Gasteiger charge is 2.34. The maximum atomic E-state index is 14.1. The van der Waals surface area contributed by atoms with E-state index in [-0.39, 0.29) is 41.2 Å². The lowest BCUT2D eigenvalue weighted by atomic mass is 9.82. The third kappa shape index (κ3) is 21.3. The summed E-state index contributed by atoms with van der Waals surface area (Å²) in [4.78, 5) is 82.2. The number of thiazole rings is 1. The summed E-state index contributed by atoms with van der Waals surface area (Å²) in [6, 6.07) is 31.9. The van der Waals surface area contributed by atoms with E-state index in [4.69, 9.17) is 43.2 Å². The second kappa shape index (κ2) is 35.7. The Hall–Kier alpha value is -8.18. The number of carbonyl (C=O) groups excluding carboxylic acids is 6. The molecule has 0 unspecified atom stereocenters. The molecule has 472 valence electrons. The average Bonchev–Trinajstić information content (AvgIpc) is 4.27. The van der Waals surface area contributed by atoms with Crippen molar-refractivity contribution in [2.75, 3.05) is 31.4 Å². The lowest BCUT2D eigenvalue weighted by Crippen LogP contribution is -2.30. The van der Waals surface area contributed by atoms with Gasteiger partial charge in [-0.2, -0.15) is 5.10 Å². The third-order valence-corrected chi connectivity index (χ3v) is 17.5. The zero-order valence-electron chi connectivity index (χ0n) is 51.4. The van der Waals surface area contributed by atoms with E-state index in [9.17, 15) is 28.8 Å². The number of aryl methyl sites for hydroxylation is 1. The quantitative estimate of drug-likeness (QED) is 0.00909. The van der Waals surface area contributed by atoms with E-state index in [0.717, 1.165) is 129 Å². The van der Waals surface area contributed by atoms with Gasteiger partial charge in [0.2, 0.25) is 5.13 Å². The Bertz CT molecular complexity index is 3320. The van der Waals surface area contributed by atoms with Crippen LogP contribution >= 0.6 is 11.3 Å². The van der Waals surface area contributed by atoms with Crippen molar-refractivity contribution in [3.8, 4) is 28.7 Å². The van der Waals surface area contributed by atoms with Gasteiger partial charge in [-0.1, -0.05) is 119 Å². The van der Waals surface area contributed by atoms with Crippen LogP contribution in [0.4, 0.5) is 5.13 Å². The first kappa shape index (κ1) is 66.8. The van der Waals surface area contributed by atoms with Crippen LogP contribution in [0.1, 0.15) is 159 Å². The van der Waals surface area contributed by atoms with Gasteiger partial charge in [0.05, 0.1) is 59.9 Å². The zero-order valence-corrected chi connectivity index (χ0v) is 52.2. The van der Waals surface area contributed by atoms with E-state index in [1.54, 1.807) is 60.0 Å². The molecule has 0 amide bonds. The summed E-state index contributed by atoms with van der Waals surface area (Å²) in [5.74, 6) is -1.83. The van der Waals surface area contributed by atoms with Gasteiger partial charge >= 0.3 is 35.8 Å². The van der Waals surface area contributed by atoms with Crippen molar-refractivity contribution >= 4 is 79.5 Å². The molecule has 16 nitrogen and oxygen atoms in total. The van der Waals surface area contributed by atoms with Gasteiger partial charge in [-0.25, -0.2) is 19.6 Å². The van der Waals surface area contributed by atoms with E-state index in [1.165, 1.54) is 11.6 Å². The number of esters is 6. The molecule has 0 N–H and O–H groups in total. The molecule has 0 atom stereocenters. The number of hydrogen-bond acceptors (Lipinski definition) is 17. The topological polar surface area (TPSA) is 196 Å². The van der Waals surface area contributed by atoms with Crippen molar-refractivity contribution in [3.63, 3.8) is 0 Å². The summed E-state index contributed by atoms with van der Waals surface area (Å²) < 4.78 is 40.8. The molecule has 2 aliphatic carbocycles. The molecule has 0 radical (unpaired) electrons. The summed E-state index contributed by atoms with van der Waals surface area (Å²) in [6.07, 6.45) is 22.3. The lowest BCUT2D eigenvalue weighted by molar-refractivity contribution is -0.145. The van der Waals surface area contributed by atoms with Gasteiger partial charge in [-0.05, 0) is 174 Å². The monoisotopic (exact) mass is 1230 g/mol. The number of benzene rings is 5. The number of aromatic nitrogens is 1. The van der Waals surface area contributed by atoms with E-state index in [1.807, 2.05) is 41.4 Å². The predicted molar refractivity (Wildman–Crippen MR) is 347 cm³/mol. The molecule has 0 bridgehead atoms. The van der Waals surface area contributed by atoms with Gasteiger partial charge in [-0.15, -0.1) is 0 Å². The Balaban J connectivity index is 0.855. The van der Waals surface area contributed by atoms with Crippen molar-refractivity contribution in [3.05, 3.63) is 140 Å². The first-order valence-electron chi connectivity index (χ1n) is 32.0. The number of ether oxygens (including phenoxy) is 7. The number of hydrogen-bond donors (Lipinski definition) is 0. The average molecular weight is 1230 g/mol. The summed E-state index contributed by atoms with van der Waals surface area (Å²) in [6.45, 7) is 10.9. The van der Waals surface area contributed by atoms with Crippen molar-refractivity contribution in [1.29, 1.82) is 0 Å². The van der Waals surface area contributed by atoms with Gasteiger partial charge in [0.15, 0.2) is 0 Å². The van der Waals surface area contributed by atoms with Crippen LogP contribution in [0.2, 0.25) is 0 Å². The van der Waals surface area contributed by atoms with Crippen molar-refractivity contribution in [2.24, 2.45) is 28.8 Å². The molecule has 0 aliphatic heterocycles. The van der Waals surface area contributed by atoms with Gasteiger partial charge in [0.25, 0.3) is 0 Å². The Morgan fingerprint density at radius 3 is 1.62 bits per heavy atom. The molecule has 1 aromatic heterocycles. The van der Waals surface area contributed by atoms with Crippen LogP contribution < -0.4 is 28.7 Å². The van der Waals surface area contributed by atoms with Gasteiger partial charge in [0.1, 0.15) is 28.7 Å². The number of unbranched alkanes of at least 4 members (excludes halogenated alkanes) is 11. The Morgan fingerprint density at radius 2 is 1.03 bits per heavy atom. The van der Waals surface area contributed by atoms with Crippen LogP contribution in [-0.4, -0.2) is 73.4 Å². The highest BCUT2D eigenvalue weighted by molar-refractivity contribution is 7.22. The molecule has 8 rings (SSSR count). The zero-order chi connectivity index (χ0) is 62.6. The minimum absolute atomic E-state index is 0.247. The maximum absolute atomic E-state index is 14.1. The van der Waals surface area contributed by atoms with E-state index in [2.05, 4.69) is 44.3 Å². The highest BCUT2D eigenvalue weighted by Crippen LogP contribution is 2.37. The molecule has 1 heterocycles. The predicted octanol–water partition coefficient (Wildman–Crippen LogP) is 15.8. The second-order valence-electron chi connectivity index (χ2n) is 23.0. The number of rotatable bonds is 35. The summed E-state index contributed by atoms with van der Waals surface area (Å²) in [7, 11) is 0. The Morgan fingerprint density at radius 1 is 0.539 bits per heavy atom. The van der Waals surface area contributed by atoms with Crippen molar-refractivity contribution in [1.82, 2.24) is 4.98 Å². The van der Waals surface area contributed by atoms with Gasteiger partial charge < -0.3 is 33.2 Å². The molecule has 2 fully saturated rings. The molecule has 17 heteroatoms. The van der Waals surface area contributed by atoms with Crippen LogP contribution in [-0.2, 0) is 44.7 Å². The van der Waals surface area contributed by atoms with E-state index >= 15 is 0 Å². The number of hydrazone groups is 1. The smallest absolute Gasteiger partial charge is 0.330 e. The third-order valence-electron chi connectivity index (χ3n) is 16.4. The largest absolute Gasteiger partial charge is 0.494 e. The van der Waals surface area contributed by atoms with Crippen LogP contribution in [0.5, 0.6) is 28.7 Å². The van der Waals surface area contributed by atoms with Crippen LogP contribution in [0, 0.1) is 23.7 Å². The van der Waals surface area contributed by atoms with Crippen molar-refractivity contribution in [2.45, 2.75) is 155 Å². The molecule has 0 spiro atoms. The SMILES string of the molecule is C=CC(=O)OCCCCCCCCc1ccc(OC(=O)[C@H]2CC[C@H](C(=O)Oc3ccc(OC(=O)C4CCC(C(=O)Oc5ccc(OCCCCCCOC(=O)C=C)cc5)CC4)c(/C=N/N(CCCCCC)c4nc5c(ccc6ccccc65)s4)c3)CC2)cc1. The normalized spacial score (nSPS) is 16.5. The van der Waals surface area contributed by atoms with E-state index < -0.39 is 29.7 Å². The van der Waals surface area contributed by atoms with E-state index in [0.29, 0.717) is 101 Å². The maximum Gasteiger partial charge on any atom is 0.330 e. The number of anilines is 1. The molecule has 0 saturated heterocycles. The van der Waals surface area contributed by atoms with Crippen molar-refractivity contribution < 1.29 is 61.9 Å². The first-order chi connectivity index (χ1) is 43.5. The minimum Gasteiger partial charge on any atom is -0.494 e. The molecule has 89 heavy (non-hydrogen) atoms. The van der Waals surface area contributed by atoms with Gasteiger partial charge in [-0.3, -0.25) is 19.2 Å². The molecule has 2 saturated carbocycles. The standard InChI is InChI=1S/C72H85N3O13S/c1-4-7-8-18-45-75(72-74-67-62-24-17-16-23-52(62)35-44-64(67)89-72)73-50-57-49-61(87-70(80)55-29-27-53(28-30-55)68(78)85-59-36-25-51(26-37-59)22-15-11-9-10-12-20-47-83-65(76)5-2)42-43-63(57)88-71(81)56-33-31-54(32-34-56)69(79)86-60-40-38-58(39-41-60)82-46-19-13-14-21-48-84-66(77)6-3/h5-6,16-17,23-26,35-44,49-50,53-56H,2-4,7-15,18-22,27-34,45-48H2,1H3/b73-50+/t53-,54?,55-,56?. The number of fused-ring (bicyclic) bond motifs is 3. The summed E-state index contributed by atoms with van der Waals surface area (Å²) >= 11 is 1.56. The highest BCUT2D eigenvalue weighted by atomic mass is 32.1. The fraction of sp³-hybridized carbons (Fsp3) is 0.444. The van der Waals surface area contributed by atoms with Gasteiger partial charge in [0, 0.05) is 29.6 Å². The lowest BCUT2D eigenvalue weighted by Gasteiger charge is -2.26. The number of nitrogens with zero attached hydrogens (tertiary/aromatic N) is 3. The molecular weight excluding hydrogens is 1150 g/mol. The first-order valence-corrected chi connectivity index (χ1v) is 32.8. The van der Waals surface area contributed by atoms with Crippen LogP contribution in [0.15, 0.2) is 134 Å². The summed E-state index contributed by atoms with van der Waals surface area (Å²) in [5.41, 5.74) is 2.51. The molecular formula is C72H85N3O13S. The minimum atomic E-state index is -0.467. The molecule has 2 aliphatic rings. The summed E-state index contributed by atoms with van der Waals surface area (Å²) in [5, 5.41) is 9.79. The fourth-order valence-corrected chi connectivity index (χ4v) is 12.1. The fourth-order valence-electron chi connectivity index (χ4n) is 11.2. The second-order valence-corrected chi connectivity index (χ2v) is 24.0.